The maximum atomic E-state index is 5.48. The predicted molar refractivity (Wildman–Crippen MR) is 125 cm³/mol. The summed E-state index contributed by atoms with van der Waals surface area (Å²) >= 11 is 3.64. The molecule has 0 aliphatic heterocycles. The second kappa shape index (κ2) is 7.88. The van der Waals surface area contributed by atoms with Crippen molar-refractivity contribution in [3.05, 3.63) is 65.4 Å². The zero-order chi connectivity index (χ0) is 21.4. The predicted octanol–water partition coefficient (Wildman–Crippen LogP) is 5.70. The Kier molecular flexibility index (Phi) is 4.91. The Hall–Kier alpha value is -3.65. The molecule has 0 aliphatic carbocycles. The molecule has 5 aromatic rings. The van der Waals surface area contributed by atoms with Gasteiger partial charge >= 0.3 is 0 Å². The zero-order valence-corrected chi connectivity index (χ0v) is 18.4. The van der Waals surface area contributed by atoms with Crippen LogP contribution in [0, 0.1) is 0 Å². The molecule has 0 atom stereocenters. The Bertz CT molecular complexity index is 1380. The summed E-state index contributed by atoms with van der Waals surface area (Å²) in [6.07, 6.45) is 1.51. The minimum Gasteiger partial charge on any atom is -0.497 e. The summed E-state index contributed by atoms with van der Waals surface area (Å²) in [5.41, 5.74) is 4.41. The second-order valence-electron chi connectivity index (χ2n) is 6.87. The van der Waals surface area contributed by atoms with Crippen molar-refractivity contribution >= 4 is 49.4 Å². The van der Waals surface area contributed by atoms with E-state index < -0.39 is 0 Å². The quantitative estimate of drug-likeness (QED) is 0.339. The lowest BCUT2D eigenvalue weighted by molar-refractivity contribution is 0.397. The largest absolute Gasteiger partial charge is 0.497 e. The maximum Gasteiger partial charge on any atom is 0.148 e. The molecule has 31 heavy (non-hydrogen) atoms. The molecule has 2 aromatic heterocycles. The number of imidazole rings is 1. The van der Waals surface area contributed by atoms with Crippen LogP contribution in [0.5, 0.6) is 11.5 Å². The van der Waals surface area contributed by atoms with E-state index in [4.69, 9.17) is 14.5 Å². The van der Waals surface area contributed by atoms with Crippen molar-refractivity contribution in [2.24, 2.45) is 0 Å². The molecule has 0 unspecified atom stereocenters. The number of fused-ring (bicyclic) bond motifs is 2. The van der Waals surface area contributed by atoms with E-state index in [2.05, 4.69) is 36.2 Å². The normalized spacial score (nSPS) is 11.1. The Balaban J connectivity index is 1.58. The zero-order valence-electron chi connectivity index (χ0n) is 16.8. The topological polar surface area (TPSA) is 84.9 Å². The van der Waals surface area contributed by atoms with E-state index in [0.29, 0.717) is 22.8 Å². The molecule has 3 aromatic carbocycles. The minimum atomic E-state index is 0.624. The highest BCUT2D eigenvalue weighted by Gasteiger charge is 2.14. The highest BCUT2D eigenvalue weighted by molar-refractivity contribution is 9.10. The fourth-order valence-corrected chi connectivity index (χ4v) is 3.92. The average molecular weight is 476 g/mol. The lowest BCUT2D eigenvalue weighted by Gasteiger charge is -2.13. The first-order chi connectivity index (χ1) is 15.2. The maximum absolute atomic E-state index is 5.48. The Labute approximate surface area is 186 Å². The monoisotopic (exact) mass is 475 g/mol. The van der Waals surface area contributed by atoms with E-state index in [1.165, 1.54) is 6.33 Å². The van der Waals surface area contributed by atoms with Gasteiger partial charge in [0.1, 0.15) is 35.0 Å². The second-order valence-corrected chi connectivity index (χ2v) is 7.72. The van der Waals surface area contributed by atoms with E-state index in [1.807, 2.05) is 48.5 Å². The number of rotatable bonds is 5. The van der Waals surface area contributed by atoms with Gasteiger partial charge in [0.25, 0.3) is 0 Å². The van der Waals surface area contributed by atoms with Crippen LogP contribution in [0.2, 0.25) is 0 Å². The summed E-state index contributed by atoms with van der Waals surface area (Å²) in [5, 5.41) is 4.19. The summed E-state index contributed by atoms with van der Waals surface area (Å²) in [5.74, 6) is 2.73. The number of ether oxygens (including phenoxy) is 2. The van der Waals surface area contributed by atoms with Crippen LogP contribution in [0.1, 0.15) is 0 Å². The molecule has 0 saturated carbocycles. The number of hydrogen-bond donors (Lipinski definition) is 2. The van der Waals surface area contributed by atoms with Crippen molar-refractivity contribution in [3.8, 4) is 22.9 Å². The third-order valence-corrected chi connectivity index (χ3v) is 5.70. The smallest absolute Gasteiger partial charge is 0.148 e. The van der Waals surface area contributed by atoms with Crippen molar-refractivity contribution in [2.75, 3.05) is 19.5 Å². The first-order valence-electron chi connectivity index (χ1n) is 9.54. The molecule has 0 saturated heterocycles. The number of benzene rings is 3. The standard InChI is InChI=1S/C23H18BrN5O2/c1-30-14-10-16-21(20(11-14)31-2)25-12-26-22(16)27-13-7-8-17(24)15(9-13)23-28-18-5-3-4-6-19(18)29-23/h3-12H,1-2H3,(H,28,29)(H,25,26,27). The first-order valence-corrected chi connectivity index (χ1v) is 10.3. The van der Waals surface area contributed by atoms with Crippen molar-refractivity contribution in [3.63, 3.8) is 0 Å². The molecule has 0 bridgehead atoms. The summed E-state index contributed by atoms with van der Waals surface area (Å²) in [6.45, 7) is 0. The molecule has 0 radical (unpaired) electrons. The average Bonchev–Trinajstić information content (AvgIpc) is 3.24. The number of nitrogens with one attached hydrogen (secondary N) is 2. The summed E-state index contributed by atoms with van der Waals surface area (Å²) in [6, 6.07) is 17.6. The number of anilines is 2. The minimum absolute atomic E-state index is 0.624. The van der Waals surface area contributed by atoms with Crippen LogP contribution < -0.4 is 14.8 Å². The van der Waals surface area contributed by atoms with Crippen LogP contribution >= 0.6 is 15.9 Å². The number of aromatic nitrogens is 4. The van der Waals surface area contributed by atoms with Gasteiger partial charge in [-0.15, -0.1) is 0 Å². The molecule has 0 fully saturated rings. The van der Waals surface area contributed by atoms with Gasteiger partial charge in [-0.3, -0.25) is 0 Å². The first kappa shape index (κ1) is 19.3. The van der Waals surface area contributed by atoms with Gasteiger partial charge in [0.15, 0.2) is 0 Å². The van der Waals surface area contributed by atoms with Crippen LogP contribution in [0.25, 0.3) is 33.3 Å². The van der Waals surface area contributed by atoms with Crippen molar-refractivity contribution in [2.45, 2.75) is 0 Å². The van der Waals surface area contributed by atoms with Gasteiger partial charge in [0, 0.05) is 21.8 Å². The molecule has 0 aliphatic rings. The van der Waals surface area contributed by atoms with Crippen LogP contribution in [0.4, 0.5) is 11.5 Å². The number of methoxy groups -OCH3 is 2. The SMILES string of the molecule is COc1cc(OC)c2ncnc(Nc3ccc(Br)c(-c4nc5ccccc5[nH]4)c3)c2c1. The highest BCUT2D eigenvalue weighted by atomic mass is 79.9. The highest BCUT2D eigenvalue weighted by Crippen LogP contribution is 2.35. The number of para-hydroxylation sites is 2. The van der Waals surface area contributed by atoms with Crippen molar-refractivity contribution in [1.29, 1.82) is 0 Å². The lowest BCUT2D eigenvalue weighted by atomic mass is 10.1. The van der Waals surface area contributed by atoms with Crippen LogP contribution in [0.15, 0.2) is 65.4 Å². The van der Waals surface area contributed by atoms with Gasteiger partial charge in [-0.25, -0.2) is 15.0 Å². The fourth-order valence-electron chi connectivity index (χ4n) is 3.48. The summed E-state index contributed by atoms with van der Waals surface area (Å²) in [7, 11) is 3.23. The summed E-state index contributed by atoms with van der Waals surface area (Å²) < 4.78 is 11.8. The van der Waals surface area contributed by atoms with Gasteiger partial charge in [-0.2, -0.15) is 0 Å². The molecule has 8 heteroatoms. The van der Waals surface area contributed by atoms with Gasteiger partial charge in [-0.05, 0) is 36.4 Å². The Morgan fingerprint density at radius 2 is 1.84 bits per heavy atom. The number of hydrogen-bond acceptors (Lipinski definition) is 6. The molecule has 0 amide bonds. The molecule has 2 heterocycles. The van der Waals surface area contributed by atoms with E-state index in [0.717, 1.165) is 38.0 Å². The van der Waals surface area contributed by atoms with Crippen LogP contribution in [0.3, 0.4) is 0 Å². The van der Waals surface area contributed by atoms with Gasteiger partial charge in [-0.1, -0.05) is 28.1 Å². The van der Waals surface area contributed by atoms with Crippen molar-refractivity contribution < 1.29 is 9.47 Å². The van der Waals surface area contributed by atoms with Crippen molar-refractivity contribution in [1.82, 2.24) is 19.9 Å². The number of nitrogens with zero attached hydrogens (tertiary/aromatic N) is 3. The van der Waals surface area contributed by atoms with E-state index >= 15 is 0 Å². The molecule has 0 spiro atoms. The van der Waals surface area contributed by atoms with Crippen LogP contribution in [-0.2, 0) is 0 Å². The molecular formula is C23H18BrN5O2. The van der Waals surface area contributed by atoms with Gasteiger partial charge in [0.05, 0.1) is 30.6 Å². The molecule has 154 valence electrons. The fraction of sp³-hybridized carbons (Fsp3) is 0.0870. The van der Waals surface area contributed by atoms with E-state index in [1.54, 1.807) is 20.3 Å². The summed E-state index contributed by atoms with van der Waals surface area (Å²) in [4.78, 5) is 16.9. The van der Waals surface area contributed by atoms with Crippen LogP contribution in [-0.4, -0.2) is 34.2 Å². The number of halogens is 1. The third-order valence-electron chi connectivity index (χ3n) is 5.01. The molecule has 2 N–H and O–H groups in total. The van der Waals surface area contributed by atoms with Gasteiger partial charge in [0.2, 0.25) is 0 Å². The number of H-pyrrole nitrogens is 1. The van der Waals surface area contributed by atoms with Gasteiger partial charge < -0.3 is 19.8 Å². The van der Waals surface area contributed by atoms with E-state index in [-0.39, 0.29) is 0 Å². The van der Waals surface area contributed by atoms with E-state index in [9.17, 15) is 0 Å². The molecule has 5 rings (SSSR count). The molecular weight excluding hydrogens is 458 g/mol. The Morgan fingerprint density at radius 3 is 2.65 bits per heavy atom. The molecule has 7 nitrogen and oxygen atoms in total. The number of aromatic amines is 1. The lowest BCUT2D eigenvalue weighted by Crippen LogP contribution is -1.99. The Morgan fingerprint density at radius 1 is 0.968 bits per heavy atom. The third kappa shape index (κ3) is 3.55.